The summed E-state index contributed by atoms with van der Waals surface area (Å²) in [5, 5.41) is 4.97. The Hall–Kier alpha value is -2.40. The van der Waals surface area contributed by atoms with E-state index >= 15 is 0 Å². The van der Waals surface area contributed by atoms with Crippen molar-refractivity contribution in [3.05, 3.63) is 0 Å². The minimum Gasteiger partial charge on any atom is -0.469 e. The average molecular weight is 378 g/mol. The highest BCUT2D eigenvalue weighted by atomic mass is 17.2. The van der Waals surface area contributed by atoms with Crippen molar-refractivity contribution in [1.29, 1.82) is 0 Å². The number of ether oxygens (including phenoxy) is 3. The molecule has 0 heterocycles. The molecule has 0 aromatic carbocycles. The summed E-state index contributed by atoms with van der Waals surface area (Å²) < 4.78 is 13.6. The number of rotatable bonds is 12. The summed E-state index contributed by atoms with van der Waals surface area (Å²) in [6.45, 7) is -0.0219. The number of carbonyl (C=O) groups is 4. The maximum absolute atomic E-state index is 12.1. The molecule has 0 saturated heterocycles. The van der Waals surface area contributed by atoms with Crippen LogP contribution in [0.4, 0.5) is 4.79 Å². The molecule has 0 bridgehead atoms. The molecule has 0 saturated carbocycles. The van der Waals surface area contributed by atoms with Crippen LogP contribution in [-0.4, -0.2) is 71.1 Å². The largest absolute Gasteiger partial charge is 0.469 e. The lowest BCUT2D eigenvalue weighted by Gasteiger charge is -2.21. The van der Waals surface area contributed by atoms with Crippen molar-refractivity contribution in [3.8, 4) is 0 Å². The van der Waals surface area contributed by atoms with Gasteiger partial charge < -0.3 is 24.8 Å². The Kier molecular flexibility index (Phi) is 12.6. The van der Waals surface area contributed by atoms with Crippen LogP contribution in [0.2, 0.25) is 0 Å². The third-order valence-corrected chi connectivity index (χ3v) is 3.30. The average Bonchev–Trinajstić information content (AvgIpc) is 2.65. The predicted molar refractivity (Wildman–Crippen MR) is 86.7 cm³/mol. The quantitative estimate of drug-likeness (QED) is 0.202. The highest BCUT2D eigenvalue weighted by Gasteiger charge is 2.24. The Morgan fingerprint density at radius 2 is 1.38 bits per heavy atom. The zero-order chi connectivity index (χ0) is 19.9. The third-order valence-electron chi connectivity index (χ3n) is 3.30. The van der Waals surface area contributed by atoms with Gasteiger partial charge in [-0.3, -0.25) is 9.59 Å². The molecule has 0 fully saturated rings. The van der Waals surface area contributed by atoms with Gasteiger partial charge >= 0.3 is 23.9 Å². The Morgan fingerprint density at radius 1 is 0.808 bits per heavy atom. The smallest absolute Gasteiger partial charge is 0.328 e. The summed E-state index contributed by atoms with van der Waals surface area (Å²) in [5.74, 6) is -1.67. The van der Waals surface area contributed by atoms with Crippen LogP contribution in [0, 0.1) is 0 Å². The first-order valence-electron chi connectivity index (χ1n) is 7.82. The summed E-state index contributed by atoms with van der Waals surface area (Å²) in [5.41, 5.74) is 0. The Morgan fingerprint density at radius 3 is 1.88 bits per heavy atom. The van der Waals surface area contributed by atoms with E-state index in [4.69, 9.17) is 4.89 Å². The molecule has 0 aromatic rings. The number of methoxy groups -OCH3 is 3. The van der Waals surface area contributed by atoms with Gasteiger partial charge in [-0.15, -0.1) is 0 Å². The van der Waals surface area contributed by atoms with Crippen molar-refractivity contribution in [2.24, 2.45) is 0 Å². The second-order valence-corrected chi connectivity index (χ2v) is 5.07. The lowest BCUT2D eigenvalue weighted by Crippen LogP contribution is -2.50. The van der Waals surface area contributed by atoms with Crippen molar-refractivity contribution in [2.75, 3.05) is 35.0 Å². The summed E-state index contributed by atoms with van der Waals surface area (Å²) in [7, 11) is 4.94. The van der Waals surface area contributed by atoms with Gasteiger partial charge in [0.2, 0.25) is 0 Å². The third kappa shape index (κ3) is 10.5. The van der Waals surface area contributed by atoms with Crippen LogP contribution in [0.3, 0.4) is 0 Å². The van der Waals surface area contributed by atoms with E-state index in [0.717, 1.165) is 0 Å². The minimum atomic E-state index is -1.04. The van der Waals surface area contributed by atoms with E-state index in [2.05, 4.69) is 29.7 Å². The zero-order valence-corrected chi connectivity index (χ0v) is 15.4. The minimum absolute atomic E-state index is 0.00810. The van der Waals surface area contributed by atoms with Crippen molar-refractivity contribution >= 4 is 23.9 Å². The lowest BCUT2D eigenvalue weighted by molar-refractivity contribution is -0.275. The zero-order valence-electron chi connectivity index (χ0n) is 15.4. The standard InChI is InChI=1S/C15H26N2O9/c1-22-12(18)7-5-10(9-26-25-4)16-15(21)17-11(14(20)24-3)6-8-13(19)23-2/h10-11H,5-9H2,1-4H3,(H2,16,17,21)/t10-,11-/m0/s1. The summed E-state index contributed by atoms with van der Waals surface area (Å²) >= 11 is 0. The molecule has 2 N–H and O–H groups in total. The number of hydrogen-bond donors (Lipinski definition) is 2. The lowest BCUT2D eigenvalue weighted by atomic mass is 10.1. The molecule has 2 amide bonds. The number of carbonyl (C=O) groups excluding carboxylic acids is 4. The maximum atomic E-state index is 12.1. The van der Waals surface area contributed by atoms with Gasteiger partial charge in [-0.1, -0.05) is 0 Å². The maximum Gasteiger partial charge on any atom is 0.328 e. The second kappa shape index (κ2) is 13.8. The van der Waals surface area contributed by atoms with Crippen molar-refractivity contribution < 1.29 is 43.2 Å². The number of esters is 3. The molecule has 0 aliphatic carbocycles. The van der Waals surface area contributed by atoms with E-state index in [1.807, 2.05) is 0 Å². The van der Waals surface area contributed by atoms with Gasteiger partial charge in [-0.05, 0) is 12.8 Å². The molecule has 11 heteroatoms. The molecule has 0 aromatic heterocycles. The van der Waals surface area contributed by atoms with Crippen LogP contribution in [0.25, 0.3) is 0 Å². The number of hydrogen-bond acceptors (Lipinski definition) is 9. The van der Waals surface area contributed by atoms with Crippen LogP contribution in [0.1, 0.15) is 25.7 Å². The summed E-state index contributed by atoms with van der Waals surface area (Å²) in [4.78, 5) is 55.6. The second-order valence-electron chi connectivity index (χ2n) is 5.07. The molecule has 0 aliphatic heterocycles. The normalized spacial score (nSPS) is 12.5. The first kappa shape index (κ1) is 23.6. The van der Waals surface area contributed by atoms with Gasteiger partial charge in [-0.25, -0.2) is 19.4 Å². The van der Waals surface area contributed by atoms with Gasteiger partial charge in [0.1, 0.15) is 12.6 Å². The van der Waals surface area contributed by atoms with Gasteiger partial charge in [0.05, 0.1) is 34.5 Å². The van der Waals surface area contributed by atoms with E-state index in [0.29, 0.717) is 0 Å². The van der Waals surface area contributed by atoms with E-state index in [1.54, 1.807) is 0 Å². The van der Waals surface area contributed by atoms with Crippen molar-refractivity contribution in [1.82, 2.24) is 10.6 Å². The molecule has 0 rings (SSSR count). The van der Waals surface area contributed by atoms with Crippen LogP contribution < -0.4 is 10.6 Å². The Bertz CT molecular complexity index is 470. The molecule has 26 heavy (non-hydrogen) atoms. The molecular formula is C15H26N2O9. The van der Waals surface area contributed by atoms with E-state index in [-0.39, 0.29) is 32.3 Å². The highest BCUT2D eigenvalue weighted by molar-refractivity contribution is 5.84. The van der Waals surface area contributed by atoms with Crippen LogP contribution in [0.15, 0.2) is 0 Å². The van der Waals surface area contributed by atoms with Crippen LogP contribution in [0.5, 0.6) is 0 Å². The molecular weight excluding hydrogens is 352 g/mol. The first-order valence-corrected chi connectivity index (χ1v) is 7.82. The van der Waals surface area contributed by atoms with E-state index < -0.39 is 36.0 Å². The fourth-order valence-electron chi connectivity index (χ4n) is 1.88. The predicted octanol–water partition coefficient (Wildman–Crippen LogP) is -0.320. The van der Waals surface area contributed by atoms with Crippen LogP contribution in [-0.2, 0) is 38.4 Å². The van der Waals surface area contributed by atoms with Gasteiger partial charge in [0, 0.05) is 12.8 Å². The Labute approximate surface area is 151 Å². The monoisotopic (exact) mass is 378 g/mol. The first-order chi connectivity index (χ1) is 12.4. The van der Waals surface area contributed by atoms with E-state index in [1.165, 1.54) is 28.4 Å². The number of amides is 2. The highest BCUT2D eigenvalue weighted by Crippen LogP contribution is 2.03. The van der Waals surface area contributed by atoms with E-state index in [9.17, 15) is 19.2 Å². The topological polar surface area (TPSA) is 138 Å². The molecule has 0 radical (unpaired) electrons. The summed E-state index contributed by atoms with van der Waals surface area (Å²) in [6, 6.07) is -2.31. The van der Waals surface area contributed by atoms with Crippen molar-refractivity contribution in [2.45, 2.75) is 37.8 Å². The number of nitrogens with one attached hydrogen (secondary N) is 2. The van der Waals surface area contributed by atoms with Gasteiger partial charge in [0.25, 0.3) is 0 Å². The molecule has 0 spiro atoms. The fraction of sp³-hybridized carbons (Fsp3) is 0.733. The Balaban J connectivity index is 4.70. The van der Waals surface area contributed by atoms with Gasteiger partial charge in [-0.2, -0.15) is 0 Å². The molecule has 0 unspecified atom stereocenters. The van der Waals surface area contributed by atoms with Crippen molar-refractivity contribution in [3.63, 3.8) is 0 Å². The molecule has 0 aliphatic rings. The fourth-order valence-corrected chi connectivity index (χ4v) is 1.88. The summed E-state index contributed by atoms with van der Waals surface area (Å²) in [6.07, 6.45) is 0.217. The molecule has 150 valence electrons. The molecule has 2 atom stereocenters. The van der Waals surface area contributed by atoms with Gasteiger partial charge in [0.15, 0.2) is 0 Å². The van der Waals surface area contributed by atoms with Crippen LogP contribution >= 0.6 is 0 Å². The SMILES string of the molecule is COOC[C@H](CCC(=O)OC)NC(=O)N[C@@H](CCC(=O)OC)C(=O)OC. The molecule has 11 nitrogen and oxygen atoms in total. The number of urea groups is 1.